The van der Waals surface area contributed by atoms with Crippen molar-refractivity contribution in [2.24, 2.45) is 0 Å². The van der Waals surface area contributed by atoms with E-state index in [1.807, 2.05) is 7.05 Å². The third-order valence-corrected chi connectivity index (χ3v) is 3.25. The molecule has 0 aromatic heterocycles. The molecule has 90 valence electrons. The van der Waals surface area contributed by atoms with Gasteiger partial charge in [0.05, 0.1) is 0 Å². The number of hydrogen-bond donors (Lipinski definition) is 1. The smallest absolute Gasteiger partial charge is 0.0449 e. The number of likely N-dealkylation sites (N-methyl/N-ethyl adjacent to an activating group) is 2. The summed E-state index contributed by atoms with van der Waals surface area (Å²) in [7, 11) is 2.04. The van der Waals surface area contributed by atoms with E-state index < -0.39 is 0 Å². The van der Waals surface area contributed by atoms with E-state index in [4.69, 9.17) is 0 Å². The van der Waals surface area contributed by atoms with Crippen LogP contribution in [-0.2, 0) is 0 Å². The normalized spacial score (nSPS) is 13.1. The number of rotatable bonds is 6. The maximum atomic E-state index is 3.42. The fourth-order valence-electron chi connectivity index (χ4n) is 2.06. The van der Waals surface area contributed by atoms with Gasteiger partial charge in [0.25, 0.3) is 0 Å². The quantitative estimate of drug-likeness (QED) is 0.792. The van der Waals surface area contributed by atoms with Gasteiger partial charge in [0, 0.05) is 12.6 Å². The molecule has 0 saturated carbocycles. The highest BCUT2D eigenvalue weighted by Gasteiger charge is 2.13. The van der Waals surface area contributed by atoms with Crippen LogP contribution in [0.3, 0.4) is 0 Å². The Morgan fingerprint density at radius 1 is 1.19 bits per heavy atom. The van der Waals surface area contributed by atoms with Gasteiger partial charge in [-0.15, -0.1) is 0 Å². The Bertz CT molecular complexity index is 305. The summed E-state index contributed by atoms with van der Waals surface area (Å²) in [6.45, 7) is 9.92. The molecule has 0 aliphatic rings. The van der Waals surface area contributed by atoms with Gasteiger partial charge in [-0.1, -0.05) is 38.1 Å². The lowest BCUT2D eigenvalue weighted by atomic mass is 10.0. The minimum Gasteiger partial charge on any atom is -0.312 e. The first-order valence-corrected chi connectivity index (χ1v) is 6.18. The molecule has 16 heavy (non-hydrogen) atoms. The monoisotopic (exact) mass is 220 g/mol. The van der Waals surface area contributed by atoms with Crippen LogP contribution in [0, 0.1) is 6.92 Å². The number of benzene rings is 1. The van der Waals surface area contributed by atoms with Gasteiger partial charge in [0.2, 0.25) is 0 Å². The molecule has 0 fully saturated rings. The van der Waals surface area contributed by atoms with E-state index in [9.17, 15) is 0 Å². The van der Waals surface area contributed by atoms with Crippen molar-refractivity contribution in [3.8, 4) is 0 Å². The molecule has 1 aromatic rings. The lowest BCUT2D eigenvalue weighted by Gasteiger charge is -2.26. The van der Waals surface area contributed by atoms with Gasteiger partial charge in [-0.2, -0.15) is 0 Å². The summed E-state index contributed by atoms with van der Waals surface area (Å²) in [5.74, 6) is 0. The van der Waals surface area contributed by atoms with Gasteiger partial charge in [0.15, 0.2) is 0 Å². The van der Waals surface area contributed by atoms with Crippen LogP contribution in [0.5, 0.6) is 0 Å². The molecule has 0 bridgehead atoms. The second-order valence-electron chi connectivity index (χ2n) is 4.18. The lowest BCUT2D eigenvalue weighted by Crippen LogP contribution is -2.34. The van der Waals surface area contributed by atoms with Crippen molar-refractivity contribution in [3.63, 3.8) is 0 Å². The molecule has 1 N–H and O–H groups in total. The summed E-state index contributed by atoms with van der Waals surface area (Å²) in [6.07, 6.45) is 0. The first kappa shape index (κ1) is 13.2. The van der Waals surface area contributed by atoms with Crippen molar-refractivity contribution < 1.29 is 0 Å². The summed E-state index contributed by atoms with van der Waals surface area (Å²) < 4.78 is 0. The zero-order chi connectivity index (χ0) is 12.0. The summed E-state index contributed by atoms with van der Waals surface area (Å²) in [5.41, 5.74) is 2.78. The molecule has 0 heterocycles. The van der Waals surface area contributed by atoms with Crippen LogP contribution in [0.25, 0.3) is 0 Å². The van der Waals surface area contributed by atoms with E-state index in [0.717, 1.165) is 19.6 Å². The van der Waals surface area contributed by atoms with Crippen LogP contribution in [0.4, 0.5) is 0 Å². The van der Waals surface area contributed by atoms with E-state index in [0.29, 0.717) is 6.04 Å². The zero-order valence-electron chi connectivity index (χ0n) is 11.0. The molecule has 1 rings (SSSR count). The highest BCUT2D eigenvalue weighted by Crippen LogP contribution is 2.18. The van der Waals surface area contributed by atoms with Crippen molar-refractivity contribution in [1.29, 1.82) is 0 Å². The van der Waals surface area contributed by atoms with Crippen LogP contribution in [0.2, 0.25) is 0 Å². The van der Waals surface area contributed by atoms with Crippen molar-refractivity contribution in [3.05, 3.63) is 35.4 Å². The van der Waals surface area contributed by atoms with Crippen LogP contribution in [0.15, 0.2) is 24.3 Å². The van der Waals surface area contributed by atoms with Gasteiger partial charge in [-0.05, 0) is 38.2 Å². The third kappa shape index (κ3) is 3.32. The highest BCUT2D eigenvalue weighted by molar-refractivity contribution is 5.28. The van der Waals surface area contributed by atoms with Crippen molar-refractivity contribution in [1.82, 2.24) is 10.2 Å². The topological polar surface area (TPSA) is 15.3 Å². The number of aryl methyl sites for hydroxylation is 1. The molecule has 1 unspecified atom stereocenters. The van der Waals surface area contributed by atoms with E-state index in [1.165, 1.54) is 11.1 Å². The average Bonchev–Trinajstić information content (AvgIpc) is 2.32. The number of nitrogens with zero attached hydrogens (tertiary/aromatic N) is 1. The molecule has 0 spiro atoms. The number of hydrogen-bond acceptors (Lipinski definition) is 2. The Hall–Kier alpha value is -0.860. The molecule has 0 aliphatic carbocycles. The maximum Gasteiger partial charge on any atom is 0.0449 e. The van der Waals surface area contributed by atoms with Crippen LogP contribution >= 0.6 is 0 Å². The first-order chi connectivity index (χ1) is 7.72. The predicted octanol–water partition coefficient (Wildman–Crippen LogP) is 2.60. The predicted molar refractivity (Wildman–Crippen MR) is 70.8 cm³/mol. The lowest BCUT2D eigenvalue weighted by molar-refractivity contribution is 0.270. The van der Waals surface area contributed by atoms with E-state index >= 15 is 0 Å². The molecular weight excluding hydrogens is 196 g/mol. The summed E-state index contributed by atoms with van der Waals surface area (Å²) in [4.78, 5) is 2.45. The van der Waals surface area contributed by atoms with Crippen molar-refractivity contribution in [2.75, 3.05) is 26.7 Å². The molecular formula is C14H24N2. The fraction of sp³-hybridized carbons (Fsp3) is 0.571. The highest BCUT2D eigenvalue weighted by atomic mass is 15.1. The summed E-state index contributed by atoms with van der Waals surface area (Å²) in [6, 6.07) is 9.06. The molecule has 0 saturated heterocycles. The van der Waals surface area contributed by atoms with Crippen LogP contribution < -0.4 is 5.32 Å². The second kappa shape index (κ2) is 6.66. The van der Waals surface area contributed by atoms with Crippen molar-refractivity contribution >= 4 is 0 Å². The molecule has 2 nitrogen and oxygen atoms in total. The number of nitrogens with one attached hydrogen (secondary N) is 1. The maximum absolute atomic E-state index is 3.42. The zero-order valence-corrected chi connectivity index (χ0v) is 11.0. The van der Waals surface area contributed by atoms with E-state index in [1.54, 1.807) is 0 Å². The van der Waals surface area contributed by atoms with Crippen LogP contribution in [0.1, 0.15) is 31.0 Å². The van der Waals surface area contributed by atoms with Gasteiger partial charge in [0.1, 0.15) is 0 Å². The minimum absolute atomic E-state index is 0.432. The molecule has 1 aromatic carbocycles. The molecule has 0 amide bonds. The first-order valence-electron chi connectivity index (χ1n) is 6.18. The van der Waals surface area contributed by atoms with E-state index in [2.05, 4.69) is 55.3 Å². The Morgan fingerprint density at radius 3 is 2.31 bits per heavy atom. The Labute approximate surface area is 99.7 Å². The van der Waals surface area contributed by atoms with Gasteiger partial charge in [-0.3, -0.25) is 0 Å². The second-order valence-corrected chi connectivity index (χ2v) is 4.18. The Balaban J connectivity index is 2.78. The third-order valence-electron chi connectivity index (χ3n) is 3.25. The standard InChI is InChI=1S/C14H24N2/c1-5-16(6-2)11-14(15-4)13-10-8-7-9-12(13)3/h7-10,14-15H,5-6,11H2,1-4H3. The van der Waals surface area contributed by atoms with Crippen molar-refractivity contribution in [2.45, 2.75) is 26.8 Å². The average molecular weight is 220 g/mol. The molecule has 2 heteroatoms. The molecule has 0 aliphatic heterocycles. The molecule has 1 atom stereocenters. The largest absolute Gasteiger partial charge is 0.312 e. The van der Waals surface area contributed by atoms with Gasteiger partial charge < -0.3 is 10.2 Å². The fourth-order valence-corrected chi connectivity index (χ4v) is 2.06. The Morgan fingerprint density at radius 2 is 1.81 bits per heavy atom. The molecule has 0 radical (unpaired) electrons. The van der Waals surface area contributed by atoms with Gasteiger partial charge in [-0.25, -0.2) is 0 Å². The Kier molecular flexibility index (Phi) is 5.50. The van der Waals surface area contributed by atoms with Gasteiger partial charge >= 0.3 is 0 Å². The summed E-state index contributed by atoms with van der Waals surface area (Å²) >= 11 is 0. The SMILES string of the molecule is CCN(CC)CC(NC)c1ccccc1C. The summed E-state index contributed by atoms with van der Waals surface area (Å²) in [5, 5.41) is 3.42. The van der Waals surface area contributed by atoms with Crippen LogP contribution in [-0.4, -0.2) is 31.6 Å². The minimum atomic E-state index is 0.432. The van der Waals surface area contributed by atoms with E-state index in [-0.39, 0.29) is 0 Å².